The van der Waals surface area contributed by atoms with Crippen LogP contribution in [0.15, 0.2) is 24.5 Å². The third kappa shape index (κ3) is 2.70. The Kier molecular flexibility index (Phi) is 3.66. The summed E-state index contributed by atoms with van der Waals surface area (Å²) in [6.07, 6.45) is 3.46. The number of hydrogen-bond acceptors (Lipinski definition) is 2. The molecule has 0 bridgehead atoms. The summed E-state index contributed by atoms with van der Waals surface area (Å²) in [6, 6.07) is 1.95. The molecule has 0 aliphatic heterocycles. The summed E-state index contributed by atoms with van der Waals surface area (Å²) in [4.78, 5) is 4.09. The zero-order valence-electron chi connectivity index (χ0n) is 9.75. The number of imidazole rings is 1. The first-order chi connectivity index (χ1) is 8.58. The minimum atomic E-state index is -1.44. The third-order valence-electron chi connectivity index (χ3n) is 2.58. The third-order valence-corrected chi connectivity index (χ3v) is 2.58. The van der Waals surface area contributed by atoms with E-state index in [-0.39, 0.29) is 6.54 Å². The average Bonchev–Trinajstić information content (AvgIpc) is 2.72. The minimum absolute atomic E-state index is 0.237. The molecule has 1 aromatic carbocycles. The smallest absolute Gasteiger partial charge is 0.194 e. The number of aryl methyl sites for hydroxylation is 1. The van der Waals surface area contributed by atoms with Crippen LogP contribution in [0.4, 0.5) is 13.2 Å². The second-order valence-electron chi connectivity index (χ2n) is 3.93. The Bertz CT molecular complexity index is 528. The molecule has 0 aliphatic carbocycles. The summed E-state index contributed by atoms with van der Waals surface area (Å²) >= 11 is 0. The maximum absolute atomic E-state index is 12.9. The molecular weight excluding hydrogens is 243 g/mol. The number of rotatable bonds is 4. The summed E-state index contributed by atoms with van der Waals surface area (Å²) in [5, 5.41) is 2.98. The molecule has 0 amide bonds. The van der Waals surface area contributed by atoms with Gasteiger partial charge in [0.15, 0.2) is 17.5 Å². The molecule has 96 valence electrons. The van der Waals surface area contributed by atoms with Crippen molar-refractivity contribution in [3.63, 3.8) is 0 Å². The quantitative estimate of drug-likeness (QED) is 0.848. The number of hydrogen-bond donors (Lipinski definition) is 1. The van der Waals surface area contributed by atoms with Crippen molar-refractivity contribution in [3.05, 3.63) is 53.4 Å². The highest BCUT2D eigenvalue weighted by molar-refractivity contribution is 5.19. The van der Waals surface area contributed by atoms with Gasteiger partial charge in [-0.1, -0.05) is 0 Å². The highest BCUT2D eigenvalue weighted by atomic mass is 19.2. The second kappa shape index (κ2) is 5.22. The van der Waals surface area contributed by atoms with Crippen LogP contribution in [0.2, 0.25) is 0 Å². The standard InChI is InChI=1S/C12H12F3N3/c1-18-3-2-17-11(18)7-16-6-8-4-9(13)12(15)10(14)5-8/h2-5,16H,6-7H2,1H3. The monoisotopic (exact) mass is 255 g/mol. The van der Waals surface area contributed by atoms with Crippen molar-refractivity contribution in [1.29, 1.82) is 0 Å². The highest BCUT2D eigenvalue weighted by Crippen LogP contribution is 2.13. The summed E-state index contributed by atoms with van der Waals surface area (Å²) in [7, 11) is 1.85. The molecule has 0 saturated carbocycles. The topological polar surface area (TPSA) is 29.9 Å². The lowest BCUT2D eigenvalue weighted by atomic mass is 10.2. The van der Waals surface area contributed by atoms with Gasteiger partial charge in [0.05, 0.1) is 6.54 Å². The van der Waals surface area contributed by atoms with E-state index in [9.17, 15) is 13.2 Å². The van der Waals surface area contributed by atoms with E-state index in [0.717, 1.165) is 18.0 Å². The van der Waals surface area contributed by atoms with Crippen molar-refractivity contribution in [2.45, 2.75) is 13.1 Å². The molecule has 0 unspecified atom stereocenters. The number of benzene rings is 1. The maximum Gasteiger partial charge on any atom is 0.194 e. The molecule has 1 N–H and O–H groups in total. The molecule has 2 aromatic rings. The molecule has 18 heavy (non-hydrogen) atoms. The lowest BCUT2D eigenvalue weighted by molar-refractivity contribution is 0.444. The Labute approximate surface area is 102 Å². The van der Waals surface area contributed by atoms with Crippen molar-refractivity contribution in [2.75, 3.05) is 0 Å². The van der Waals surface area contributed by atoms with E-state index < -0.39 is 17.5 Å². The molecule has 0 spiro atoms. The Morgan fingerprint density at radius 1 is 1.17 bits per heavy atom. The first kappa shape index (κ1) is 12.6. The van der Waals surface area contributed by atoms with Crippen molar-refractivity contribution >= 4 is 0 Å². The van der Waals surface area contributed by atoms with Crippen LogP contribution in [0.1, 0.15) is 11.4 Å². The van der Waals surface area contributed by atoms with E-state index in [1.165, 1.54) is 0 Å². The Balaban J connectivity index is 1.97. The average molecular weight is 255 g/mol. The fourth-order valence-electron chi connectivity index (χ4n) is 1.60. The summed E-state index contributed by atoms with van der Waals surface area (Å²) < 4.78 is 40.4. The number of aromatic nitrogens is 2. The van der Waals surface area contributed by atoms with Crippen molar-refractivity contribution < 1.29 is 13.2 Å². The van der Waals surface area contributed by atoms with Crippen LogP contribution in [-0.2, 0) is 20.1 Å². The number of halogens is 3. The van der Waals surface area contributed by atoms with Gasteiger partial charge in [0, 0.05) is 26.0 Å². The Hall–Kier alpha value is -1.82. The minimum Gasteiger partial charge on any atom is -0.337 e. The molecule has 0 atom stereocenters. The molecule has 0 fully saturated rings. The van der Waals surface area contributed by atoms with Crippen LogP contribution in [0.25, 0.3) is 0 Å². The molecule has 1 heterocycles. The van der Waals surface area contributed by atoms with Crippen molar-refractivity contribution in [2.24, 2.45) is 7.05 Å². The van der Waals surface area contributed by atoms with Crippen LogP contribution in [0.5, 0.6) is 0 Å². The van der Waals surface area contributed by atoms with E-state index in [4.69, 9.17) is 0 Å². The van der Waals surface area contributed by atoms with Gasteiger partial charge in [0.25, 0.3) is 0 Å². The maximum atomic E-state index is 12.9. The molecular formula is C12H12F3N3. The Morgan fingerprint density at radius 2 is 1.83 bits per heavy atom. The predicted molar refractivity (Wildman–Crippen MR) is 60.1 cm³/mol. The van der Waals surface area contributed by atoms with Crippen molar-refractivity contribution in [1.82, 2.24) is 14.9 Å². The van der Waals surface area contributed by atoms with Gasteiger partial charge in [0.1, 0.15) is 5.82 Å². The molecule has 0 radical (unpaired) electrons. The van der Waals surface area contributed by atoms with E-state index in [2.05, 4.69) is 10.3 Å². The number of nitrogens with one attached hydrogen (secondary N) is 1. The molecule has 3 nitrogen and oxygen atoms in total. The van der Waals surface area contributed by atoms with E-state index in [1.54, 1.807) is 12.4 Å². The second-order valence-corrected chi connectivity index (χ2v) is 3.93. The SMILES string of the molecule is Cn1ccnc1CNCc1cc(F)c(F)c(F)c1. The summed E-state index contributed by atoms with van der Waals surface area (Å²) in [6.45, 7) is 0.699. The molecule has 0 saturated heterocycles. The van der Waals surface area contributed by atoms with E-state index in [1.807, 2.05) is 11.6 Å². The normalized spacial score (nSPS) is 10.9. The van der Waals surface area contributed by atoms with Crippen LogP contribution >= 0.6 is 0 Å². The lowest BCUT2D eigenvalue weighted by Gasteiger charge is -2.06. The van der Waals surface area contributed by atoms with Crippen molar-refractivity contribution in [3.8, 4) is 0 Å². The molecule has 1 aromatic heterocycles. The van der Waals surface area contributed by atoms with E-state index >= 15 is 0 Å². The zero-order chi connectivity index (χ0) is 13.1. The first-order valence-corrected chi connectivity index (χ1v) is 5.38. The van der Waals surface area contributed by atoms with Gasteiger partial charge in [-0.15, -0.1) is 0 Å². The lowest BCUT2D eigenvalue weighted by Crippen LogP contribution is -2.16. The fraction of sp³-hybridized carbons (Fsp3) is 0.250. The Morgan fingerprint density at radius 3 is 2.39 bits per heavy atom. The summed E-state index contributed by atoms with van der Waals surface area (Å²) in [5.41, 5.74) is 0.348. The van der Waals surface area contributed by atoms with Gasteiger partial charge < -0.3 is 9.88 Å². The number of nitrogens with zero attached hydrogens (tertiary/aromatic N) is 2. The molecule has 0 aliphatic rings. The predicted octanol–water partition coefficient (Wildman–Crippen LogP) is 2.13. The van der Waals surface area contributed by atoms with Gasteiger partial charge in [-0.3, -0.25) is 0 Å². The highest BCUT2D eigenvalue weighted by Gasteiger charge is 2.10. The zero-order valence-corrected chi connectivity index (χ0v) is 9.75. The summed E-state index contributed by atoms with van der Waals surface area (Å²) in [5.74, 6) is -2.99. The van der Waals surface area contributed by atoms with Crippen LogP contribution in [0, 0.1) is 17.5 Å². The largest absolute Gasteiger partial charge is 0.337 e. The first-order valence-electron chi connectivity index (χ1n) is 5.38. The van der Waals surface area contributed by atoms with Crippen LogP contribution in [-0.4, -0.2) is 9.55 Å². The van der Waals surface area contributed by atoms with Crippen LogP contribution < -0.4 is 5.32 Å². The van der Waals surface area contributed by atoms with Gasteiger partial charge in [-0.05, 0) is 17.7 Å². The molecule has 2 rings (SSSR count). The van der Waals surface area contributed by atoms with Crippen LogP contribution in [0.3, 0.4) is 0 Å². The molecule has 6 heteroatoms. The fourth-order valence-corrected chi connectivity index (χ4v) is 1.60. The van der Waals surface area contributed by atoms with Gasteiger partial charge in [0.2, 0.25) is 0 Å². The van der Waals surface area contributed by atoms with Gasteiger partial charge >= 0.3 is 0 Å². The van der Waals surface area contributed by atoms with E-state index in [0.29, 0.717) is 12.1 Å². The van der Waals surface area contributed by atoms with Gasteiger partial charge in [-0.25, -0.2) is 18.2 Å². The van der Waals surface area contributed by atoms with Gasteiger partial charge in [-0.2, -0.15) is 0 Å².